The van der Waals surface area contributed by atoms with Gasteiger partial charge in [-0.3, -0.25) is 4.79 Å². The summed E-state index contributed by atoms with van der Waals surface area (Å²) in [7, 11) is 0. The SMILES string of the molecule is [CH2]CCCC(CC=C)OC(C)=O. The molecule has 0 spiro atoms. The molecule has 0 aromatic rings. The lowest BCUT2D eigenvalue weighted by atomic mass is 10.1. The van der Waals surface area contributed by atoms with Crippen LogP contribution in [0.4, 0.5) is 0 Å². The smallest absolute Gasteiger partial charge is 0.302 e. The molecule has 0 N–H and O–H groups in total. The lowest BCUT2D eigenvalue weighted by Gasteiger charge is -2.14. The van der Waals surface area contributed by atoms with Crippen LogP contribution in [0.15, 0.2) is 12.7 Å². The van der Waals surface area contributed by atoms with E-state index in [1.165, 1.54) is 6.92 Å². The molecule has 0 aliphatic carbocycles. The van der Waals surface area contributed by atoms with Crippen molar-refractivity contribution in [3.8, 4) is 0 Å². The van der Waals surface area contributed by atoms with Crippen LogP contribution >= 0.6 is 0 Å². The van der Waals surface area contributed by atoms with Crippen LogP contribution in [0.1, 0.15) is 32.6 Å². The molecule has 69 valence electrons. The summed E-state index contributed by atoms with van der Waals surface area (Å²) < 4.78 is 5.05. The predicted octanol–water partition coefficient (Wildman–Crippen LogP) is 2.50. The number of hydrogen-bond donors (Lipinski definition) is 0. The van der Waals surface area contributed by atoms with Crippen LogP contribution in [0.25, 0.3) is 0 Å². The summed E-state index contributed by atoms with van der Waals surface area (Å²) in [5.41, 5.74) is 0. The summed E-state index contributed by atoms with van der Waals surface area (Å²) in [6.07, 6.45) is 5.27. The van der Waals surface area contributed by atoms with Gasteiger partial charge in [0.1, 0.15) is 6.10 Å². The van der Waals surface area contributed by atoms with Crippen molar-refractivity contribution >= 4 is 5.97 Å². The molecule has 0 saturated carbocycles. The number of unbranched alkanes of at least 4 members (excludes halogenated alkanes) is 1. The molecule has 0 fully saturated rings. The standard InChI is InChI=1S/C10H17O2/c1-4-6-8-10(7-5-2)12-9(3)11/h5,10H,1-2,4,6-8H2,3H3. The van der Waals surface area contributed by atoms with Crippen LogP contribution in [-0.2, 0) is 9.53 Å². The molecular weight excluding hydrogens is 152 g/mol. The molecule has 0 rings (SSSR count). The van der Waals surface area contributed by atoms with E-state index in [0.29, 0.717) is 0 Å². The van der Waals surface area contributed by atoms with Crippen molar-refractivity contribution in [3.05, 3.63) is 19.6 Å². The third kappa shape index (κ3) is 5.96. The van der Waals surface area contributed by atoms with E-state index in [1.807, 2.05) is 0 Å². The van der Waals surface area contributed by atoms with Gasteiger partial charge in [-0.15, -0.1) is 6.58 Å². The van der Waals surface area contributed by atoms with E-state index in [2.05, 4.69) is 13.5 Å². The lowest BCUT2D eigenvalue weighted by molar-refractivity contribution is -0.146. The second-order valence-electron chi connectivity index (χ2n) is 2.75. The normalized spacial score (nSPS) is 12.2. The molecule has 0 amide bonds. The molecule has 2 heteroatoms. The molecule has 0 bridgehead atoms. The first-order valence-corrected chi connectivity index (χ1v) is 4.28. The Kier molecular flexibility index (Phi) is 6.44. The monoisotopic (exact) mass is 169 g/mol. The number of rotatable bonds is 6. The van der Waals surface area contributed by atoms with Crippen LogP contribution in [0.5, 0.6) is 0 Å². The molecule has 0 aliphatic rings. The quantitative estimate of drug-likeness (QED) is 0.451. The fourth-order valence-corrected chi connectivity index (χ4v) is 1.02. The van der Waals surface area contributed by atoms with Crippen molar-refractivity contribution in [2.24, 2.45) is 0 Å². The van der Waals surface area contributed by atoms with Gasteiger partial charge in [-0.2, -0.15) is 0 Å². The van der Waals surface area contributed by atoms with Crippen molar-refractivity contribution in [2.45, 2.75) is 38.7 Å². The predicted molar refractivity (Wildman–Crippen MR) is 49.6 cm³/mol. The van der Waals surface area contributed by atoms with Gasteiger partial charge in [-0.1, -0.05) is 19.4 Å². The topological polar surface area (TPSA) is 26.3 Å². The molecule has 0 saturated heterocycles. The Hall–Kier alpha value is -0.790. The summed E-state index contributed by atoms with van der Waals surface area (Å²) >= 11 is 0. The Morgan fingerprint density at radius 3 is 2.75 bits per heavy atom. The van der Waals surface area contributed by atoms with Gasteiger partial charge in [0.2, 0.25) is 0 Å². The first-order valence-electron chi connectivity index (χ1n) is 4.28. The second-order valence-corrected chi connectivity index (χ2v) is 2.75. The van der Waals surface area contributed by atoms with E-state index >= 15 is 0 Å². The molecule has 0 aromatic heterocycles. The molecular formula is C10H17O2. The minimum atomic E-state index is -0.217. The summed E-state index contributed by atoms with van der Waals surface area (Å²) in [5.74, 6) is -0.217. The molecule has 1 atom stereocenters. The van der Waals surface area contributed by atoms with Gasteiger partial charge < -0.3 is 4.74 Å². The van der Waals surface area contributed by atoms with Crippen molar-refractivity contribution in [2.75, 3.05) is 0 Å². The maximum Gasteiger partial charge on any atom is 0.302 e. The Morgan fingerprint density at radius 1 is 1.67 bits per heavy atom. The van der Waals surface area contributed by atoms with E-state index in [1.54, 1.807) is 6.08 Å². The number of carbonyl (C=O) groups is 1. The highest BCUT2D eigenvalue weighted by atomic mass is 16.5. The highest BCUT2D eigenvalue weighted by Crippen LogP contribution is 2.09. The van der Waals surface area contributed by atoms with Gasteiger partial charge in [-0.25, -0.2) is 0 Å². The van der Waals surface area contributed by atoms with Gasteiger partial charge in [0.05, 0.1) is 0 Å². The summed E-state index contributed by atoms with van der Waals surface area (Å²) in [6.45, 7) is 8.77. The third-order valence-corrected chi connectivity index (χ3v) is 1.54. The minimum absolute atomic E-state index is 0.00162. The maximum atomic E-state index is 10.6. The van der Waals surface area contributed by atoms with Gasteiger partial charge >= 0.3 is 5.97 Å². The van der Waals surface area contributed by atoms with Gasteiger partial charge in [0.25, 0.3) is 0 Å². The highest BCUT2D eigenvalue weighted by molar-refractivity contribution is 5.66. The van der Waals surface area contributed by atoms with Gasteiger partial charge in [-0.05, 0) is 12.8 Å². The van der Waals surface area contributed by atoms with Crippen LogP contribution in [0, 0.1) is 6.92 Å². The minimum Gasteiger partial charge on any atom is -0.462 e. The van der Waals surface area contributed by atoms with Crippen LogP contribution in [-0.4, -0.2) is 12.1 Å². The largest absolute Gasteiger partial charge is 0.462 e. The first-order chi connectivity index (χ1) is 5.70. The van der Waals surface area contributed by atoms with Gasteiger partial charge in [0, 0.05) is 13.3 Å². The zero-order chi connectivity index (χ0) is 9.40. The number of hydrogen-bond acceptors (Lipinski definition) is 2. The average Bonchev–Trinajstić information content (AvgIpc) is 2.00. The first kappa shape index (κ1) is 11.2. The van der Waals surface area contributed by atoms with Crippen LogP contribution < -0.4 is 0 Å². The van der Waals surface area contributed by atoms with Crippen molar-refractivity contribution in [1.82, 2.24) is 0 Å². The molecule has 0 heterocycles. The van der Waals surface area contributed by atoms with E-state index in [0.717, 1.165) is 25.7 Å². The van der Waals surface area contributed by atoms with Crippen LogP contribution in [0.3, 0.4) is 0 Å². The maximum absolute atomic E-state index is 10.6. The van der Waals surface area contributed by atoms with E-state index in [9.17, 15) is 4.79 Å². The second kappa shape index (κ2) is 6.89. The molecule has 0 aromatic carbocycles. The van der Waals surface area contributed by atoms with Gasteiger partial charge in [0.15, 0.2) is 0 Å². The van der Waals surface area contributed by atoms with Crippen molar-refractivity contribution in [3.63, 3.8) is 0 Å². The molecule has 0 aliphatic heterocycles. The van der Waals surface area contributed by atoms with E-state index < -0.39 is 0 Å². The summed E-state index contributed by atoms with van der Waals surface area (Å²) in [4.78, 5) is 10.6. The number of ether oxygens (including phenoxy) is 1. The third-order valence-electron chi connectivity index (χ3n) is 1.54. The highest BCUT2D eigenvalue weighted by Gasteiger charge is 2.08. The fraction of sp³-hybridized carbons (Fsp3) is 0.600. The Labute approximate surface area is 74.6 Å². The zero-order valence-corrected chi connectivity index (χ0v) is 7.71. The van der Waals surface area contributed by atoms with E-state index in [-0.39, 0.29) is 12.1 Å². The molecule has 2 nitrogen and oxygen atoms in total. The van der Waals surface area contributed by atoms with Crippen molar-refractivity contribution in [1.29, 1.82) is 0 Å². The fourth-order valence-electron chi connectivity index (χ4n) is 1.02. The molecule has 1 radical (unpaired) electrons. The van der Waals surface area contributed by atoms with Crippen molar-refractivity contribution < 1.29 is 9.53 Å². The summed E-state index contributed by atoms with van der Waals surface area (Å²) in [5, 5.41) is 0. The Balaban J connectivity index is 3.68. The lowest BCUT2D eigenvalue weighted by Crippen LogP contribution is -2.15. The van der Waals surface area contributed by atoms with Crippen LogP contribution in [0.2, 0.25) is 0 Å². The van der Waals surface area contributed by atoms with E-state index in [4.69, 9.17) is 4.74 Å². The molecule has 12 heavy (non-hydrogen) atoms. The zero-order valence-electron chi connectivity index (χ0n) is 7.71. The Morgan fingerprint density at radius 2 is 2.33 bits per heavy atom. The average molecular weight is 169 g/mol. The number of esters is 1. The number of carbonyl (C=O) groups excluding carboxylic acids is 1. The molecule has 1 unspecified atom stereocenters. The Bertz CT molecular complexity index is 141. The summed E-state index contributed by atoms with van der Waals surface area (Å²) in [6, 6.07) is 0.